The lowest BCUT2D eigenvalue weighted by Crippen LogP contribution is -2.85. The molecule has 1 heterocycles. The SMILES string of the molecule is CC(=O)OC1CC(C)(O)C23OC(C)(C)C(C(OC(=O)C(C)C)C(OC(=O)c4ccccc4)C2(COC(=O)CC(C)C)C1OC(C)=O)C3O. The number of carbonyl (C=O) groups is 5. The number of aliphatic hydroxyl groups is 2. The molecule has 1 aromatic carbocycles. The molecule has 13 nitrogen and oxygen atoms in total. The minimum Gasteiger partial charge on any atom is -0.465 e. The molecule has 1 saturated heterocycles. The molecular weight excluding hydrogens is 628 g/mol. The number of fused-ring (bicyclic) bond motifs is 1. The van der Waals surface area contributed by atoms with Crippen molar-refractivity contribution in [1.29, 1.82) is 0 Å². The molecule has 1 aromatic rings. The quantitative estimate of drug-likeness (QED) is 0.273. The summed E-state index contributed by atoms with van der Waals surface area (Å²) in [6.45, 7) is 12.9. The van der Waals surface area contributed by atoms with Crippen LogP contribution in [0.3, 0.4) is 0 Å². The van der Waals surface area contributed by atoms with Crippen LogP contribution in [0.4, 0.5) is 0 Å². The van der Waals surface area contributed by atoms with Gasteiger partial charge in [-0.15, -0.1) is 0 Å². The van der Waals surface area contributed by atoms with E-state index in [1.807, 2.05) is 0 Å². The molecule has 2 aliphatic carbocycles. The smallest absolute Gasteiger partial charge is 0.338 e. The van der Waals surface area contributed by atoms with Crippen LogP contribution >= 0.6 is 0 Å². The third kappa shape index (κ3) is 6.32. The lowest BCUT2D eigenvalue weighted by atomic mass is 9.45. The summed E-state index contributed by atoms with van der Waals surface area (Å²) in [7, 11) is 0. The van der Waals surface area contributed by atoms with Crippen molar-refractivity contribution < 1.29 is 62.6 Å². The Bertz CT molecular complexity index is 1400. The second-order valence-electron chi connectivity index (χ2n) is 14.6. The van der Waals surface area contributed by atoms with Gasteiger partial charge < -0.3 is 38.6 Å². The molecule has 2 saturated carbocycles. The summed E-state index contributed by atoms with van der Waals surface area (Å²) in [5, 5.41) is 24.9. The minimum absolute atomic E-state index is 0.0388. The first-order chi connectivity index (χ1) is 22.2. The van der Waals surface area contributed by atoms with E-state index in [1.54, 1.807) is 59.7 Å². The summed E-state index contributed by atoms with van der Waals surface area (Å²) in [6.07, 6.45) is -8.41. The van der Waals surface area contributed by atoms with E-state index >= 15 is 0 Å². The van der Waals surface area contributed by atoms with Gasteiger partial charge in [-0.25, -0.2) is 4.79 Å². The molecule has 3 aliphatic rings. The Morgan fingerprint density at radius 3 is 2.04 bits per heavy atom. The molecule has 1 aliphatic heterocycles. The number of aliphatic hydroxyl groups excluding tert-OH is 1. The molecule has 3 fully saturated rings. The van der Waals surface area contributed by atoms with Gasteiger partial charge in [-0.05, 0) is 38.8 Å². The maximum Gasteiger partial charge on any atom is 0.338 e. The first kappa shape index (κ1) is 37.3. The fourth-order valence-corrected chi connectivity index (χ4v) is 7.98. The second-order valence-corrected chi connectivity index (χ2v) is 14.6. The Hall–Kier alpha value is -3.55. The lowest BCUT2D eigenvalue weighted by Gasteiger charge is -2.66. The van der Waals surface area contributed by atoms with E-state index in [1.165, 1.54) is 19.1 Å². The minimum atomic E-state index is -2.23. The van der Waals surface area contributed by atoms with Gasteiger partial charge in [-0.1, -0.05) is 45.9 Å². The van der Waals surface area contributed by atoms with Gasteiger partial charge in [0, 0.05) is 26.7 Å². The zero-order valence-corrected chi connectivity index (χ0v) is 29.0. The highest BCUT2D eigenvalue weighted by Gasteiger charge is 2.88. The van der Waals surface area contributed by atoms with Crippen molar-refractivity contribution in [2.24, 2.45) is 23.2 Å². The first-order valence-corrected chi connectivity index (χ1v) is 16.3. The highest BCUT2D eigenvalue weighted by molar-refractivity contribution is 5.89. The van der Waals surface area contributed by atoms with Crippen LogP contribution in [0.1, 0.15) is 85.5 Å². The Morgan fingerprint density at radius 1 is 0.896 bits per heavy atom. The molecule has 0 amide bonds. The van der Waals surface area contributed by atoms with Crippen molar-refractivity contribution in [3.63, 3.8) is 0 Å². The molecule has 9 atom stereocenters. The first-order valence-electron chi connectivity index (χ1n) is 16.3. The van der Waals surface area contributed by atoms with Crippen molar-refractivity contribution >= 4 is 29.8 Å². The molecule has 48 heavy (non-hydrogen) atoms. The lowest BCUT2D eigenvalue weighted by molar-refractivity contribution is -0.363. The van der Waals surface area contributed by atoms with Gasteiger partial charge >= 0.3 is 29.8 Å². The third-order valence-corrected chi connectivity index (χ3v) is 9.70. The van der Waals surface area contributed by atoms with Crippen LogP contribution in [0.5, 0.6) is 0 Å². The Kier molecular flexibility index (Phi) is 10.4. The van der Waals surface area contributed by atoms with Crippen LogP contribution in [0.15, 0.2) is 30.3 Å². The summed E-state index contributed by atoms with van der Waals surface area (Å²) < 4.78 is 36.6. The van der Waals surface area contributed by atoms with Gasteiger partial charge in [0.15, 0.2) is 12.2 Å². The van der Waals surface area contributed by atoms with E-state index in [9.17, 15) is 34.2 Å². The summed E-state index contributed by atoms with van der Waals surface area (Å²) >= 11 is 0. The maximum atomic E-state index is 14.0. The van der Waals surface area contributed by atoms with E-state index < -0.39 is 107 Å². The number of rotatable bonds is 10. The van der Waals surface area contributed by atoms with Crippen LogP contribution in [0.25, 0.3) is 0 Å². The number of ether oxygens (including phenoxy) is 6. The Balaban J connectivity index is 2.11. The van der Waals surface area contributed by atoms with Gasteiger partial charge in [-0.3, -0.25) is 19.2 Å². The number of benzene rings is 1. The van der Waals surface area contributed by atoms with Crippen LogP contribution in [0.2, 0.25) is 0 Å². The van der Waals surface area contributed by atoms with E-state index in [0.717, 1.165) is 13.8 Å². The van der Waals surface area contributed by atoms with Crippen LogP contribution < -0.4 is 0 Å². The number of carbonyl (C=O) groups excluding carboxylic acids is 5. The van der Waals surface area contributed by atoms with Gasteiger partial charge in [0.2, 0.25) is 0 Å². The van der Waals surface area contributed by atoms with E-state index in [2.05, 4.69) is 0 Å². The van der Waals surface area contributed by atoms with E-state index in [4.69, 9.17) is 28.4 Å². The molecule has 266 valence electrons. The number of hydrogen-bond donors (Lipinski definition) is 2. The summed E-state index contributed by atoms with van der Waals surface area (Å²) in [5.74, 6) is -5.87. The Labute approximate surface area is 280 Å². The monoisotopic (exact) mass is 676 g/mol. The van der Waals surface area contributed by atoms with Gasteiger partial charge in [0.1, 0.15) is 29.8 Å². The number of hydrogen-bond acceptors (Lipinski definition) is 13. The molecule has 9 unspecified atom stereocenters. The molecule has 2 N–H and O–H groups in total. The van der Waals surface area contributed by atoms with Crippen LogP contribution in [-0.2, 0) is 47.6 Å². The highest BCUT2D eigenvalue weighted by Crippen LogP contribution is 2.69. The van der Waals surface area contributed by atoms with Gasteiger partial charge in [-0.2, -0.15) is 0 Å². The van der Waals surface area contributed by atoms with E-state index in [-0.39, 0.29) is 17.9 Å². The van der Waals surface area contributed by atoms with Crippen LogP contribution in [-0.4, -0.2) is 94.0 Å². The predicted molar refractivity (Wildman–Crippen MR) is 167 cm³/mol. The van der Waals surface area contributed by atoms with Crippen molar-refractivity contribution in [3.8, 4) is 0 Å². The normalized spacial score (nSPS) is 34.9. The molecule has 0 radical (unpaired) electrons. The summed E-state index contributed by atoms with van der Waals surface area (Å²) in [4.78, 5) is 66.0. The molecule has 4 rings (SSSR count). The third-order valence-electron chi connectivity index (χ3n) is 9.70. The van der Waals surface area contributed by atoms with Crippen molar-refractivity contribution in [2.75, 3.05) is 6.61 Å². The average Bonchev–Trinajstić information content (AvgIpc) is 3.14. The van der Waals surface area contributed by atoms with Crippen LogP contribution in [0, 0.1) is 23.2 Å². The molecule has 2 bridgehead atoms. The predicted octanol–water partition coefficient (Wildman–Crippen LogP) is 2.91. The second kappa shape index (κ2) is 13.4. The van der Waals surface area contributed by atoms with Crippen molar-refractivity contribution in [3.05, 3.63) is 35.9 Å². The highest BCUT2D eigenvalue weighted by atomic mass is 16.6. The number of esters is 5. The Morgan fingerprint density at radius 2 is 1.50 bits per heavy atom. The summed E-state index contributed by atoms with van der Waals surface area (Å²) in [5.41, 5.74) is -7.85. The largest absolute Gasteiger partial charge is 0.465 e. The fourth-order valence-electron chi connectivity index (χ4n) is 7.98. The maximum absolute atomic E-state index is 14.0. The van der Waals surface area contributed by atoms with E-state index in [0.29, 0.717) is 0 Å². The molecule has 0 aromatic heterocycles. The standard InChI is InChI=1S/C35H48O13/c1-18(2)15-24(38)43-17-34-28(45-21(6)37)23(44-20(5)36)16-33(9,42)35(34)27(39)25(32(7,8)48-35)26(46-30(40)19(3)4)29(34)47-31(41)22-13-11-10-12-14-22/h10-14,18-19,23,25-29,39,42H,15-17H2,1-9H3. The molecule has 13 heteroatoms. The van der Waals surface area contributed by atoms with Gasteiger partial charge in [0.05, 0.1) is 34.7 Å². The molecular formula is C35H48O13. The average molecular weight is 677 g/mol. The van der Waals surface area contributed by atoms with Crippen molar-refractivity contribution in [2.45, 2.75) is 122 Å². The fraction of sp³-hybridized carbons (Fsp3) is 0.686. The van der Waals surface area contributed by atoms with Crippen molar-refractivity contribution in [1.82, 2.24) is 0 Å². The zero-order chi connectivity index (χ0) is 36.0. The topological polar surface area (TPSA) is 181 Å². The van der Waals surface area contributed by atoms with Gasteiger partial charge in [0.25, 0.3) is 0 Å². The summed E-state index contributed by atoms with van der Waals surface area (Å²) in [6, 6.07) is 7.92. The zero-order valence-electron chi connectivity index (χ0n) is 29.0. The molecule has 1 spiro atoms.